The van der Waals surface area contributed by atoms with Crippen molar-refractivity contribution in [1.82, 2.24) is 9.88 Å². The highest BCUT2D eigenvalue weighted by Gasteiger charge is 2.24. The predicted molar refractivity (Wildman–Crippen MR) is 84.7 cm³/mol. The lowest BCUT2D eigenvalue weighted by molar-refractivity contribution is 0.132. The third-order valence-electron chi connectivity index (χ3n) is 4.21. The van der Waals surface area contributed by atoms with E-state index >= 15 is 0 Å². The number of pyridine rings is 1. The summed E-state index contributed by atoms with van der Waals surface area (Å²) in [5.74, 6) is 0.726. The molecule has 0 N–H and O–H groups in total. The number of hydrogen-bond donors (Lipinski definition) is 0. The lowest BCUT2D eigenvalue weighted by Gasteiger charge is -2.37. The van der Waals surface area contributed by atoms with Crippen LogP contribution >= 0.6 is 0 Å². The number of para-hydroxylation sites is 1. The van der Waals surface area contributed by atoms with Crippen molar-refractivity contribution in [3.05, 3.63) is 42.1 Å². The third-order valence-corrected chi connectivity index (χ3v) is 4.21. The first-order valence-corrected chi connectivity index (χ1v) is 7.83. The molecular weight excluding hydrogens is 244 g/mol. The van der Waals surface area contributed by atoms with Crippen molar-refractivity contribution in [3.8, 4) is 0 Å². The zero-order valence-electron chi connectivity index (χ0n) is 12.5. The average molecular weight is 268 g/mol. The second kappa shape index (κ2) is 5.92. The summed E-state index contributed by atoms with van der Waals surface area (Å²) in [6.45, 7) is 7.04. The van der Waals surface area contributed by atoms with Gasteiger partial charge in [-0.2, -0.15) is 0 Å². The van der Waals surface area contributed by atoms with Gasteiger partial charge in [-0.1, -0.05) is 38.5 Å². The van der Waals surface area contributed by atoms with Crippen molar-refractivity contribution in [2.75, 3.05) is 13.1 Å². The zero-order chi connectivity index (χ0) is 13.9. The minimum absolute atomic E-state index is 0.559. The molecule has 0 amide bonds. The van der Waals surface area contributed by atoms with Crippen LogP contribution in [0.1, 0.15) is 44.7 Å². The summed E-state index contributed by atoms with van der Waals surface area (Å²) in [4.78, 5) is 7.30. The van der Waals surface area contributed by atoms with Crippen LogP contribution in [0.15, 0.2) is 36.5 Å². The lowest BCUT2D eigenvalue weighted by Crippen LogP contribution is -2.36. The Morgan fingerprint density at radius 1 is 1.25 bits per heavy atom. The van der Waals surface area contributed by atoms with Crippen molar-refractivity contribution in [1.29, 1.82) is 0 Å². The van der Waals surface area contributed by atoms with Gasteiger partial charge < -0.3 is 0 Å². The molecule has 1 aromatic carbocycles. The van der Waals surface area contributed by atoms with Crippen LogP contribution in [0.2, 0.25) is 0 Å². The van der Waals surface area contributed by atoms with Crippen LogP contribution in [0.4, 0.5) is 0 Å². The van der Waals surface area contributed by atoms with Gasteiger partial charge in [-0.15, -0.1) is 0 Å². The Balaban J connectivity index is 1.90. The molecule has 3 rings (SSSR count). The number of benzene rings is 1. The maximum atomic E-state index is 4.64. The molecule has 2 aromatic rings. The molecule has 20 heavy (non-hydrogen) atoms. The number of nitrogens with zero attached hydrogens (tertiary/aromatic N) is 2. The average Bonchev–Trinajstić information content (AvgIpc) is 2.47. The molecule has 1 aliphatic heterocycles. The quantitative estimate of drug-likeness (QED) is 0.819. The van der Waals surface area contributed by atoms with Crippen LogP contribution in [0.5, 0.6) is 0 Å². The molecule has 2 heteroatoms. The van der Waals surface area contributed by atoms with Crippen LogP contribution in [0, 0.1) is 5.92 Å². The standard InChI is InChI=1S/C18H24N2/c1-14(2)13-20-10-6-5-9-18(20)16-11-15-7-3-4-8-17(15)19-12-16/h3-4,7-8,11-12,14,18H,5-6,9-10,13H2,1-2H3/t18-/m1/s1. The van der Waals surface area contributed by atoms with Crippen molar-refractivity contribution in [2.24, 2.45) is 5.92 Å². The minimum Gasteiger partial charge on any atom is -0.296 e. The Hall–Kier alpha value is -1.41. The first-order valence-electron chi connectivity index (χ1n) is 7.83. The molecule has 1 aliphatic rings. The summed E-state index contributed by atoms with van der Waals surface area (Å²) in [5.41, 5.74) is 2.49. The zero-order valence-corrected chi connectivity index (χ0v) is 12.5. The number of piperidine rings is 1. The van der Waals surface area contributed by atoms with E-state index in [1.54, 1.807) is 0 Å². The number of fused-ring (bicyclic) bond motifs is 1. The minimum atomic E-state index is 0.559. The summed E-state index contributed by atoms with van der Waals surface area (Å²) >= 11 is 0. The maximum absolute atomic E-state index is 4.64. The number of aromatic nitrogens is 1. The summed E-state index contributed by atoms with van der Waals surface area (Å²) in [6.07, 6.45) is 6.04. The van der Waals surface area contributed by atoms with Gasteiger partial charge >= 0.3 is 0 Å². The Labute approximate surface area is 121 Å². The fourth-order valence-electron chi connectivity index (χ4n) is 3.33. The summed E-state index contributed by atoms with van der Waals surface area (Å²) in [7, 11) is 0. The van der Waals surface area contributed by atoms with E-state index in [1.807, 2.05) is 0 Å². The van der Waals surface area contributed by atoms with Gasteiger partial charge in [0.1, 0.15) is 0 Å². The molecule has 1 fully saturated rings. The van der Waals surface area contributed by atoms with E-state index in [0.29, 0.717) is 6.04 Å². The van der Waals surface area contributed by atoms with Gasteiger partial charge in [0, 0.05) is 24.2 Å². The molecule has 0 saturated carbocycles. The normalized spacial score (nSPS) is 20.6. The second-order valence-corrected chi connectivity index (χ2v) is 6.36. The largest absolute Gasteiger partial charge is 0.296 e. The van der Waals surface area contributed by atoms with E-state index in [2.05, 4.69) is 60.3 Å². The second-order valence-electron chi connectivity index (χ2n) is 6.36. The maximum Gasteiger partial charge on any atom is 0.0702 e. The van der Waals surface area contributed by atoms with Crippen LogP contribution in [-0.2, 0) is 0 Å². The predicted octanol–water partition coefficient (Wildman–Crippen LogP) is 4.42. The van der Waals surface area contributed by atoms with E-state index in [1.165, 1.54) is 43.3 Å². The van der Waals surface area contributed by atoms with Crippen LogP contribution in [-0.4, -0.2) is 23.0 Å². The van der Waals surface area contributed by atoms with Gasteiger partial charge in [0.2, 0.25) is 0 Å². The summed E-state index contributed by atoms with van der Waals surface area (Å²) < 4.78 is 0. The van der Waals surface area contributed by atoms with E-state index in [0.717, 1.165) is 11.4 Å². The summed E-state index contributed by atoms with van der Waals surface area (Å²) in [5, 5.41) is 1.26. The first-order chi connectivity index (χ1) is 9.74. The van der Waals surface area contributed by atoms with Gasteiger partial charge in [-0.05, 0) is 43.0 Å². The molecule has 1 saturated heterocycles. The molecule has 0 spiro atoms. The monoisotopic (exact) mass is 268 g/mol. The Bertz CT molecular complexity index is 576. The topological polar surface area (TPSA) is 16.1 Å². The molecular formula is C18H24N2. The molecule has 1 aromatic heterocycles. The number of rotatable bonds is 3. The Morgan fingerprint density at radius 2 is 2.10 bits per heavy atom. The third kappa shape index (κ3) is 2.85. The SMILES string of the molecule is CC(C)CN1CCCC[C@@H]1c1cnc2ccccc2c1. The van der Waals surface area contributed by atoms with Gasteiger partial charge in [-0.3, -0.25) is 9.88 Å². The summed E-state index contributed by atoms with van der Waals surface area (Å²) in [6, 6.07) is 11.3. The highest BCUT2D eigenvalue weighted by atomic mass is 15.2. The smallest absolute Gasteiger partial charge is 0.0702 e. The van der Waals surface area contributed by atoms with Gasteiger partial charge in [0.25, 0.3) is 0 Å². The molecule has 0 radical (unpaired) electrons. The molecule has 2 nitrogen and oxygen atoms in total. The van der Waals surface area contributed by atoms with Gasteiger partial charge in [0.15, 0.2) is 0 Å². The molecule has 0 aliphatic carbocycles. The van der Waals surface area contributed by atoms with Crippen molar-refractivity contribution >= 4 is 10.9 Å². The van der Waals surface area contributed by atoms with Crippen LogP contribution in [0.3, 0.4) is 0 Å². The van der Waals surface area contributed by atoms with Crippen molar-refractivity contribution in [3.63, 3.8) is 0 Å². The van der Waals surface area contributed by atoms with Crippen molar-refractivity contribution < 1.29 is 0 Å². The molecule has 2 heterocycles. The van der Waals surface area contributed by atoms with Crippen molar-refractivity contribution in [2.45, 2.75) is 39.2 Å². The van der Waals surface area contributed by atoms with Crippen LogP contribution < -0.4 is 0 Å². The first kappa shape index (κ1) is 13.6. The van der Waals surface area contributed by atoms with E-state index in [4.69, 9.17) is 0 Å². The number of hydrogen-bond acceptors (Lipinski definition) is 2. The highest BCUT2D eigenvalue weighted by Crippen LogP contribution is 2.32. The van der Waals surface area contributed by atoms with Crippen LogP contribution in [0.25, 0.3) is 10.9 Å². The van der Waals surface area contributed by atoms with Gasteiger partial charge in [0.05, 0.1) is 5.52 Å². The van der Waals surface area contributed by atoms with E-state index in [9.17, 15) is 0 Å². The van der Waals surface area contributed by atoms with E-state index in [-0.39, 0.29) is 0 Å². The molecule has 106 valence electrons. The molecule has 1 atom stereocenters. The fourth-order valence-corrected chi connectivity index (χ4v) is 3.33. The van der Waals surface area contributed by atoms with Gasteiger partial charge in [-0.25, -0.2) is 0 Å². The highest BCUT2D eigenvalue weighted by molar-refractivity contribution is 5.78. The Kier molecular flexibility index (Phi) is 4.02. The fraction of sp³-hybridized carbons (Fsp3) is 0.500. The molecule has 0 unspecified atom stereocenters. The lowest BCUT2D eigenvalue weighted by atomic mass is 9.94. The Morgan fingerprint density at radius 3 is 2.95 bits per heavy atom. The van der Waals surface area contributed by atoms with E-state index < -0.39 is 0 Å². The number of likely N-dealkylation sites (tertiary alicyclic amines) is 1. The molecule has 0 bridgehead atoms.